The van der Waals surface area contributed by atoms with Crippen molar-refractivity contribution in [2.45, 2.75) is 13.3 Å². The Bertz CT molecular complexity index is 496. The van der Waals surface area contributed by atoms with Gasteiger partial charge in [0.2, 0.25) is 0 Å². The zero-order valence-corrected chi connectivity index (χ0v) is 10.4. The maximum absolute atomic E-state index is 11.2. The summed E-state index contributed by atoms with van der Waals surface area (Å²) in [5.41, 5.74) is 6.96. The number of hydrogen-bond acceptors (Lipinski definition) is 4. The van der Waals surface area contributed by atoms with Gasteiger partial charge in [-0.1, -0.05) is 12.2 Å². The van der Waals surface area contributed by atoms with E-state index in [1.54, 1.807) is 13.0 Å². The monoisotopic (exact) mass is 248 g/mol. The van der Waals surface area contributed by atoms with E-state index in [-0.39, 0.29) is 17.0 Å². The van der Waals surface area contributed by atoms with Gasteiger partial charge in [-0.25, -0.2) is 4.79 Å². The van der Waals surface area contributed by atoms with Crippen LogP contribution in [0, 0.1) is 0 Å². The quantitative estimate of drug-likeness (QED) is 0.586. The number of aliphatic imine (C=N–C) groups is 1. The topological polar surface area (TPSA) is 84.9 Å². The number of carbonyl (C=O) groups is 1. The molecule has 1 aliphatic rings. The lowest BCUT2D eigenvalue weighted by molar-refractivity contribution is -0.132. The molecule has 0 saturated carbocycles. The third kappa shape index (κ3) is 2.68. The zero-order chi connectivity index (χ0) is 13.7. The van der Waals surface area contributed by atoms with E-state index in [1.165, 1.54) is 7.11 Å². The average molecular weight is 248 g/mol. The standard InChI is InChI=1S/C13H16N2O3/c1-8(15-2)11(13(16)17)12(14)9-6-4-5-7-10(9)18-3/h4-5,7H,2,6,14H2,1,3H3,(H,16,17)/b11-8+,12-9-. The molecule has 1 aliphatic carbocycles. The van der Waals surface area contributed by atoms with Crippen molar-refractivity contribution in [1.82, 2.24) is 0 Å². The number of allylic oxidation sites excluding steroid dienone is 5. The summed E-state index contributed by atoms with van der Waals surface area (Å²) in [5, 5.41) is 9.20. The van der Waals surface area contributed by atoms with Crippen LogP contribution in [-0.4, -0.2) is 24.9 Å². The Balaban J connectivity index is 3.38. The Morgan fingerprint density at radius 1 is 1.61 bits per heavy atom. The van der Waals surface area contributed by atoms with Gasteiger partial charge < -0.3 is 15.6 Å². The summed E-state index contributed by atoms with van der Waals surface area (Å²) in [6.45, 7) is 4.88. The van der Waals surface area contributed by atoms with Crippen LogP contribution in [0.2, 0.25) is 0 Å². The predicted octanol–water partition coefficient (Wildman–Crippen LogP) is 1.75. The molecule has 96 valence electrons. The molecule has 0 saturated heterocycles. The van der Waals surface area contributed by atoms with Gasteiger partial charge in [0.25, 0.3) is 0 Å². The van der Waals surface area contributed by atoms with E-state index in [2.05, 4.69) is 11.7 Å². The molecule has 0 unspecified atom stereocenters. The minimum Gasteiger partial charge on any atom is -0.496 e. The number of rotatable bonds is 4. The van der Waals surface area contributed by atoms with E-state index in [9.17, 15) is 9.90 Å². The van der Waals surface area contributed by atoms with Gasteiger partial charge in [0.15, 0.2) is 0 Å². The van der Waals surface area contributed by atoms with Crippen molar-refractivity contribution in [3.05, 3.63) is 46.5 Å². The first-order valence-electron chi connectivity index (χ1n) is 5.34. The molecular weight excluding hydrogens is 232 g/mol. The molecule has 5 nitrogen and oxygen atoms in total. The first-order valence-corrected chi connectivity index (χ1v) is 5.34. The predicted molar refractivity (Wildman–Crippen MR) is 69.9 cm³/mol. The fourth-order valence-electron chi connectivity index (χ4n) is 1.67. The molecule has 0 aromatic carbocycles. The molecule has 0 radical (unpaired) electrons. The number of carboxylic acids is 1. The molecule has 0 fully saturated rings. The van der Waals surface area contributed by atoms with Crippen molar-refractivity contribution in [1.29, 1.82) is 0 Å². The number of hydrogen-bond donors (Lipinski definition) is 2. The summed E-state index contributed by atoms with van der Waals surface area (Å²) < 4.78 is 5.18. The lowest BCUT2D eigenvalue weighted by Crippen LogP contribution is -2.16. The van der Waals surface area contributed by atoms with Crippen LogP contribution in [0.3, 0.4) is 0 Å². The van der Waals surface area contributed by atoms with Crippen molar-refractivity contribution < 1.29 is 14.6 Å². The van der Waals surface area contributed by atoms with Crippen LogP contribution in [0.1, 0.15) is 13.3 Å². The second kappa shape index (κ2) is 5.86. The van der Waals surface area contributed by atoms with Gasteiger partial charge in [0.1, 0.15) is 11.3 Å². The molecule has 0 aromatic heterocycles. The molecule has 0 spiro atoms. The Hall–Kier alpha value is -2.30. The van der Waals surface area contributed by atoms with E-state index in [1.807, 2.05) is 12.2 Å². The van der Waals surface area contributed by atoms with Gasteiger partial charge >= 0.3 is 5.97 Å². The van der Waals surface area contributed by atoms with Gasteiger partial charge in [-0.3, -0.25) is 4.99 Å². The Labute approximate surface area is 106 Å². The SMILES string of the molecule is C=N/C(C)=C(C(=O)O)\C(N)=C1/CC=CC=C1OC. The molecule has 0 aliphatic heterocycles. The summed E-state index contributed by atoms with van der Waals surface area (Å²) in [6, 6.07) is 0. The van der Waals surface area contributed by atoms with Gasteiger partial charge in [0, 0.05) is 5.57 Å². The molecule has 5 heteroatoms. The minimum absolute atomic E-state index is 0.0433. The maximum Gasteiger partial charge on any atom is 0.339 e. The smallest absolute Gasteiger partial charge is 0.339 e. The van der Waals surface area contributed by atoms with Crippen LogP contribution >= 0.6 is 0 Å². The number of nitrogens with two attached hydrogens (primary N) is 1. The van der Waals surface area contributed by atoms with Crippen molar-refractivity contribution in [3.63, 3.8) is 0 Å². The first-order chi connectivity index (χ1) is 8.52. The van der Waals surface area contributed by atoms with Crippen LogP contribution in [0.4, 0.5) is 0 Å². The van der Waals surface area contributed by atoms with E-state index in [0.29, 0.717) is 17.8 Å². The molecule has 0 aromatic rings. The molecule has 0 heterocycles. The lowest BCUT2D eigenvalue weighted by Gasteiger charge is -2.16. The third-order valence-corrected chi connectivity index (χ3v) is 2.63. The van der Waals surface area contributed by atoms with E-state index < -0.39 is 5.97 Å². The van der Waals surface area contributed by atoms with Gasteiger partial charge in [-0.05, 0) is 26.1 Å². The van der Waals surface area contributed by atoms with Crippen LogP contribution in [-0.2, 0) is 9.53 Å². The van der Waals surface area contributed by atoms with Crippen LogP contribution in [0.25, 0.3) is 0 Å². The number of methoxy groups -OCH3 is 1. The highest BCUT2D eigenvalue weighted by Crippen LogP contribution is 2.26. The summed E-state index contributed by atoms with van der Waals surface area (Å²) in [6.07, 6.45) is 5.97. The summed E-state index contributed by atoms with van der Waals surface area (Å²) in [7, 11) is 1.51. The van der Waals surface area contributed by atoms with Crippen molar-refractivity contribution in [2.24, 2.45) is 10.7 Å². The average Bonchev–Trinajstić information content (AvgIpc) is 2.37. The summed E-state index contributed by atoms with van der Waals surface area (Å²) >= 11 is 0. The highest BCUT2D eigenvalue weighted by Gasteiger charge is 2.20. The van der Waals surface area contributed by atoms with E-state index in [0.717, 1.165) is 0 Å². The third-order valence-electron chi connectivity index (χ3n) is 2.63. The zero-order valence-electron chi connectivity index (χ0n) is 10.4. The lowest BCUT2D eigenvalue weighted by atomic mass is 9.98. The van der Waals surface area contributed by atoms with E-state index >= 15 is 0 Å². The van der Waals surface area contributed by atoms with E-state index in [4.69, 9.17) is 10.5 Å². The number of ether oxygens (including phenoxy) is 1. The summed E-state index contributed by atoms with van der Waals surface area (Å²) in [5.74, 6) is -0.569. The normalized spacial score (nSPS) is 18.7. The molecule has 0 amide bonds. The Morgan fingerprint density at radius 3 is 2.78 bits per heavy atom. The molecular formula is C13H16N2O3. The molecule has 0 bridgehead atoms. The van der Waals surface area contributed by atoms with Crippen LogP contribution < -0.4 is 5.73 Å². The van der Waals surface area contributed by atoms with Gasteiger partial charge in [-0.15, -0.1) is 0 Å². The van der Waals surface area contributed by atoms with Crippen LogP contribution in [0.15, 0.2) is 51.5 Å². The van der Waals surface area contributed by atoms with Crippen molar-refractivity contribution in [2.75, 3.05) is 7.11 Å². The van der Waals surface area contributed by atoms with Crippen LogP contribution in [0.5, 0.6) is 0 Å². The molecule has 18 heavy (non-hydrogen) atoms. The highest BCUT2D eigenvalue weighted by atomic mass is 16.5. The first kappa shape index (κ1) is 13.8. The van der Waals surface area contributed by atoms with Gasteiger partial charge in [-0.2, -0.15) is 0 Å². The number of aliphatic carboxylic acids is 1. The molecule has 0 atom stereocenters. The second-order valence-electron chi connectivity index (χ2n) is 3.68. The second-order valence-corrected chi connectivity index (χ2v) is 3.68. The minimum atomic E-state index is -1.13. The van der Waals surface area contributed by atoms with Gasteiger partial charge in [0.05, 0.1) is 18.5 Å². The van der Waals surface area contributed by atoms with Crippen molar-refractivity contribution in [3.8, 4) is 0 Å². The Kier molecular flexibility index (Phi) is 4.48. The molecule has 1 rings (SSSR count). The molecule has 3 N–H and O–H groups in total. The van der Waals surface area contributed by atoms with Crippen molar-refractivity contribution >= 4 is 12.7 Å². The Morgan fingerprint density at radius 2 is 2.28 bits per heavy atom. The largest absolute Gasteiger partial charge is 0.496 e. The maximum atomic E-state index is 11.2. The fourth-order valence-corrected chi connectivity index (χ4v) is 1.67. The highest BCUT2D eigenvalue weighted by molar-refractivity contribution is 5.93. The number of nitrogens with zero attached hydrogens (tertiary/aromatic N) is 1. The number of carboxylic acid groups (broad SMARTS) is 1. The fraction of sp³-hybridized carbons (Fsp3) is 0.231. The summed E-state index contributed by atoms with van der Waals surface area (Å²) in [4.78, 5) is 14.9.